The van der Waals surface area contributed by atoms with Crippen LogP contribution >= 0.6 is 0 Å². The summed E-state index contributed by atoms with van der Waals surface area (Å²) in [5.74, 6) is 2.26. The van der Waals surface area contributed by atoms with Crippen LogP contribution in [0.1, 0.15) is 78.0 Å². The van der Waals surface area contributed by atoms with Crippen LogP contribution in [0.2, 0.25) is 0 Å². The number of hydrogen-bond acceptors (Lipinski definition) is 0. The lowest BCUT2D eigenvalue weighted by Crippen LogP contribution is -2.36. The minimum absolute atomic E-state index is 0.842. The van der Waals surface area contributed by atoms with Crippen molar-refractivity contribution in [1.82, 2.24) is 4.98 Å². The van der Waals surface area contributed by atoms with E-state index in [-0.39, 0.29) is 0 Å². The Labute approximate surface area is 119 Å². The number of aromatic amines is 1. The fourth-order valence-electron chi connectivity index (χ4n) is 2.55. The van der Waals surface area contributed by atoms with Gasteiger partial charge in [0, 0.05) is 6.42 Å². The number of imidazole rings is 1. The van der Waals surface area contributed by atoms with Crippen LogP contribution in [0.25, 0.3) is 0 Å². The van der Waals surface area contributed by atoms with E-state index in [4.69, 9.17) is 0 Å². The number of H-pyrrole nitrogens is 1. The van der Waals surface area contributed by atoms with Crippen LogP contribution in [0.3, 0.4) is 0 Å². The quantitative estimate of drug-likeness (QED) is 0.444. The molecule has 0 unspecified atom stereocenters. The summed E-state index contributed by atoms with van der Waals surface area (Å²) in [6, 6.07) is 0. The molecule has 110 valence electrons. The molecule has 0 amide bonds. The standard InChI is InChI=1S/C17H32N2/c1-4-5-6-7-10-14-19-15-13-18-17(19)12-9-8-11-16(2)3/h13,15-16H,4-12,14H2,1-3H3/p+1. The molecule has 1 N–H and O–H groups in total. The molecular formula is C17H33N2+. The summed E-state index contributed by atoms with van der Waals surface area (Å²) in [4.78, 5) is 3.41. The van der Waals surface area contributed by atoms with E-state index >= 15 is 0 Å². The maximum Gasteiger partial charge on any atom is 0.254 e. The lowest BCUT2D eigenvalue weighted by Gasteiger charge is -2.04. The zero-order valence-electron chi connectivity index (χ0n) is 13.3. The first-order valence-electron chi connectivity index (χ1n) is 8.29. The Hall–Kier alpha value is -0.790. The molecule has 1 rings (SSSR count). The third-order valence-corrected chi connectivity index (χ3v) is 3.80. The fraction of sp³-hybridized carbons (Fsp3) is 0.824. The molecule has 0 atom stereocenters. The molecular weight excluding hydrogens is 232 g/mol. The molecule has 0 saturated carbocycles. The first-order chi connectivity index (χ1) is 9.24. The average molecular weight is 265 g/mol. The highest BCUT2D eigenvalue weighted by atomic mass is 15.1. The van der Waals surface area contributed by atoms with Crippen molar-refractivity contribution in [1.29, 1.82) is 0 Å². The van der Waals surface area contributed by atoms with Gasteiger partial charge in [-0.3, -0.25) is 0 Å². The van der Waals surface area contributed by atoms with Crippen molar-refractivity contribution in [2.75, 3.05) is 0 Å². The third kappa shape index (κ3) is 7.39. The maximum atomic E-state index is 3.41. The minimum Gasteiger partial charge on any atom is -0.248 e. The molecule has 2 nitrogen and oxygen atoms in total. The van der Waals surface area contributed by atoms with Gasteiger partial charge in [-0.25, -0.2) is 9.55 Å². The van der Waals surface area contributed by atoms with Gasteiger partial charge in [-0.2, -0.15) is 0 Å². The van der Waals surface area contributed by atoms with Gasteiger partial charge < -0.3 is 0 Å². The van der Waals surface area contributed by atoms with Crippen LogP contribution in [0.4, 0.5) is 0 Å². The van der Waals surface area contributed by atoms with Crippen molar-refractivity contribution in [2.24, 2.45) is 5.92 Å². The molecule has 1 heterocycles. The van der Waals surface area contributed by atoms with Crippen molar-refractivity contribution in [2.45, 2.75) is 85.1 Å². The van der Waals surface area contributed by atoms with Crippen molar-refractivity contribution < 1.29 is 4.57 Å². The molecule has 0 spiro atoms. The van der Waals surface area contributed by atoms with Gasteiger partial charge in [0.1, 0.15) is 12.4 Å². The zero-order chi connectivity index (χ0) is 13.9. The first kappa shape index (κ1) is 16.3. The molecule has 0 aliphatic carbocycles. The Morgan fingerprint density at radius 1 is 1.05 bits per heavy atom. The van der Waals surface area contributed by atoms with Crippen LogP contribution in [-0.4, -0.2) is 4.98 Å². The van der Waals surface area contributed by atoms with E-state index in [2.05, 4.69) is 42.7 Å². The number of unbranched alkanes of at least 4 members (excludes halogenated alkanes) is 5. The van der Waals surface area contributed by atoms with Crippen molar-refractivity contribution in [3.05, 3.63) is 18.2 Å². The summed E-state index contributed by atoms with van der Waals surface area (Å²) in [6.07, 6.45) is 16.3. The SMILES string of the molecule is CCCCCCC[n+]1cc[nH]c1CCCCC(C)C. The van der Waals surface area contributed by atoms with E-state index < -0.39 is 0 Å². The molecule has 0 aliphatic rings. The van der Waals surface area contributed by atoms with Crippen molar-refractivity contribution >= 4 is 0 Å². The van der Waals surface area contributed by atoms with Gasteiger partial charge in [0.25, 0.3) is 5.82 Å². The number of nitrogens with one attached hydrogen (secondary N) is 1. The second-order valence-corrected chi connectivity index (χ2v) is 6.15. The largest absolute Gasteiger partial charge is 0.254 e. The lowest BCUT2D eigenvalue weighted by atomic mass is 10.1. The van der Waals surface area contributed by atoms with Gasteiger partial charge in [0.2, 0.25) is 0 Å². The number of hydrogen-bond donors (Lipinski definition) is 1. The predicted octanol–water partition coefficient (Wildman–Crippen LogP) is 4.64. The predicted molar refractivity (Wildman–Crippen MR) is 82.1 cm³/mol. The summed E-state index contributed by atoms with van der Waals surface area (Å²) in [6.45, 7) is 8.08. The topological polar surface area (TPSA) is 19.7 Å². The molecule has 0 fully saturated rings. The van der Waals surface area contributed by atoms with Crippen molar-refractivity contribution in [3.63, 3.8) is 0 Å². The van der Waals surface area contributed by atoms with Crippen LogP contribution in [0.15, 0.2) is 12.4 Å². The van der Waals surface area contributed by atoms with E-state index in [0.29, 0.717) is 0 Å². The van der Waals surface area contributed by atoms with Gasteiger partial charge in [-0.15, -0.1) is 0 Å². The van der Waals surface area contributed by atoms with E-state index in [1.807, 2.05) is 0 Å². The van der Waals surface area contributed by atoms with E-state index in [1.165, 1.54) is 70.2 Å². The number of aryl methyl sites for hydroxylation is 2. The van der Waals surface area contributed by atoms with Crippen LogP contribution in [0, 0.1) is 5.92 Å². The van der Waals surface area contributed by atoms with E-state index in [9.17, 15) is 0 Å². The van der Waals surface area contributed by atoms with Gasteiger partial charge in [0.05, 0.1) is 6.54 Å². The molecule has 0 aromatic carbocycles. The van der Waals surface area contributed by atoms with E-state index in [0.717, 1.165) is 5.92 Å². The van der Waals surface area contributed by atoms with Crippen LogP contribution in [0.5, 0.6) is 0 Å². The van der Waals surface area contributed by atoms with Gasteiger partial charge >= 0.3 is 0 Å². The number of nitrogens with zero attached hydrogens (tertiary/aromatic N) is 1. The third-order valence-electron chi connectivity index (χ3n) is 3.80. The fourth-order valence-corrected chi connectivity index (χ4v) is 2.55. The Bertz CT molecular complexity index is 315. The molecule has 1 aromatic rings. The summed E-state index contributed by atoms with van der Waals surface area (Å²) < 4.78 is 2.42. The summed E-state index contributed by atoms with van der Waals surface area (Å²) in [5.41, 5.74) is 0. The molecule has 19 heavy (non-hydrogen) atoms. The monoisotopic (exact) mass is 265 g/mol. The summed E-state index contributed by atoms with van der Waals surface area (Å²) in [5, 5.41) is 0. The summed E-state index contributed by atoms with van der Waals surface area (Å²) in [7, 11) is 0. The smallest absolute Gasteiger partial charge is 0.248 e. The number of rotatable bonds is 11. The first-order valence-corrected chi connectivity index (χ1v) is 8.29. The highest BCUT2D eigenvalue weighted by molar-refractivity contribution is 4.77. The maximum absolute atomic E-state index is 3.41. The minimum atomic E-state index is 0.842. The van der Waals surface area contributed by atoms with Gasteiger partial charge in [0.15, 0.2) is 0 Å². The van der Waals surface area contributed by atoms with Gasteiger partial charge in [-0.05, 0) is 25.2 Å². The highest BCUT2D eigenvalue weighted by Gasteiger charge is 2.09. The Balaban J connectivity index is 2.18. The molecule has 2 heteroatoms. The Morgan fingerprint density at radius 2 is 1.84 bits per heavy atom. The van der Waals surface area contributed by atoms with Crippen molar-refractivity contribution in [3.8, 4) is 0 Å². The molecule has 0 bridgehead atoms. The zero-order valence-corrected chi connectivity index (χ0v) is 13.3. The van der Waals surface area contributed by atoms with Crippen LogP contribution in [-0.2, 0) is 13.0 Å². The second kappa shape index (κ2) is 10.1. The Morgan fingerprint density at radius 3 is 2.58 bits per heavy atom. The molecule has 0 saturated heterocycles. The normalized spacial score (nSPS) is 11.4. The molecule has 1 aromatic heterocycles. The second-order valence-electron chi connectivity index (χ2n) is 6.15. The lowest BCUT2D eigenvalue weighted by molar-refractivity contribution is -0.703. The molecule has 0 radical (unpaired) electrons. The Kier molecular flexibility index (Phi) is 8.61. The van der Waals surface area contributed by atoms with Gasteiger partial charge in [-0.1, -0.05) is 52.9 Å². The summed E-state index contributed by atoms with van der Waals surface area (Å²) >= 11 is 0. The molecule has 0 aliphatic heterocycles. The average Bonchev–Trinajstić information content (AvgIpc) is 2.82. The highest BCUT2D eigenvalue weighted by Crippen LogP contribution is 2.08. The van der Waals surface area contributed by atoms with Crippen LogP contribution < -0.4 is 4.57 Å². The number of aromatic nitrogens is 2. The van der Waals surface area contributed by atoms with E-state index in [1.54, 1.807) is 0 Å².